The van der Waals surface area contributed by atoms with E-state index in [4.69, 9.17) is 0 Å². The van der Waals surface area contributed by atoms with Crippen LogP contribution < -0.4 is 5.56 Å². The van der Waals surface area contributed by atoms with Crippen LogP contribution in [0.25, 0.3) is 0 Å². The number of rotatable bonds is 3. The fourth-order valence-electron chi connectivity index (χ4n) is 3.95. The molecule has 0 radical (unpaired) electrons. The van der Waals surface area contributed by atoms with Gasteiger partial charge in [0, 0.05) is 50.5 Å². The molecule has 0 aliphatic carbocycles. The molecule has 1 spiro atoms. The molecule has 2 aliphatic heterocycles. The average molecular weight is 367 g/mol. The van der Waals surface area contributed by atoms with Crippen molar-refractivity contribution >= 4 is 15.7 Å². The summed E-state index contributed by atoms with van der Waals surface area (Å²) < 4.78 is 24.3. The van der Waals surface area contributed by atoms with E-state index >= 15 is 0 Å². The predicted molar refractivity (Wildman–Crippen MR) is 94.1 cm³/mol. The van der Waals surface area contributed by atoms with Crippen molar-refractivity contribution in [3.8, 4) is 0 Å². The van der Waals surface area contributed by atoms with Gasteiger partial charge < -0.3 is 4.90 Å². The first kappa shape index (κ1) is 18.1. The van der Waals surface area contributed by atoms with Crippen LogP contribution >= 0.6 is 0 Å². The van der Waals surface area contributed by atoms with Crippen LogP contribution in [-0.2, 0) is 27.6 Å². The maximum Gasteiger partial charge on any atom is 0.253 e. The molecule has 138 valence electrons. The van der Waals surface area contributed by atoms with Gasteiger partial charge >= 0.3 is 0 Å². The molecule has 1 unspecified atom stereocenters. The van der Waals surface area contributed by atoms with Crippen molar-refractivity contribution in [2.24, 2.45) is 5.41 Å². The first-order valence-corrected chi connectivity index (χ1v) is 10.8. The molecule has 1 atom stereocenters. The molecule has 0 saturated carbocycles. The second-order valence-electron chi connectivity index (χ2n) is 7.50. The molecule has 0 bridgehead atoms. The van der Waals surface area contributed by atoms with Gasteiger partial charge in [-0.05, 0) is 31.6 Å². The van der Waals surface area contributed by atoms with Crippen LogP contribution in [0.5, 0.6) is 0 Å². The lowest BCUT2D eigenvalue weighted by Crippen LogP contribution is -2.33. The van der Waals surface area contributed by atoms with Gasteiger partial charge in [-0.25, -0.2) is 13.4 Å². The minimum atomic E-state index is -3.13. The van der Waals surface area contributed by atoms with Crippen molar-refractivity contribution in [3.05, 3.63) is 27.9 Å². The number of hydrogen-bond donors (Lipinski definition) is 0. The zero-order valence-electron chi connectivity index (χ0n) is 14.8. The molecule has 2 aliphatic rings. The van der Waals surface area contributed by atoms with E-state index in [0.717, 1.165) is 43.5 Å². The Bertz CT molecular complexity index is 846. The van der Waals surface area contributed by atoms with Crippen LogP contribution in [-0.4, -0.2) is 53.9 Å². The maximum atomic E-state index is 12.3. The summed E-state index contributed by atoms with van der Waals surface area (Å²) in [5.74, 6) is 0.651. The van der Waals surface area contributed by atoms with Gasteiger partial charge in [0.05, 0.1) is 5.75 Å². The Labute approximate surface area is 148 Å². The van der Waals surface area contributed by atoms with Gasteiger partial charge in [-0.3, -0.25) is 14.2 Å². The van der Waals surface area contributed by atoms with Crippen molar-refractivity contribution in [2.75, 3.05) is 25.1 Å². The topological polar surface area (TPSA) is 89.3 Å². The average Bonchev–Trinajstić information content (AvgIpc) is 2.84. The smallest absolute Gasteiger partial charge is 0.253 e. The number of aromatic nitrogens is 2. The van der Waals surface area contributed by atoms with E-state index < -0.39 is 9.84 Å². The van der Waals surface area contributed by atoms with Gasteiger partial charge in [-0.1, -0.05) is 0 Å². The van der Waals surface area contributed by atoms with Crippen molar-refractivity contribution in [1.29, 1.82) is 0 Å². The van der Waals surface area contributed by atoms with Crippen molar-refractivity contribution in [3.63, 3.8) is 0 Å². The lowest BCUT2D eigenvalue weighted by molar-refractivity contribution is -0.130. The summed E-state index contributed by atoms with van der Waals surface area (Å²) in [6.07, 6.45) is 4.59. The molecule has 1 aromatic rings. The van der Waals surface area contributed by atoms with Gasteiger partial charge in [0.2, 0.25) is 5.91 Å². The van der Waals surface area contributed by atoms with Gasteiger partial charge in [-0.15, -0.1) is 0 Å². The van der Waals surface area contributed by atoms with Crippen LogP contribution in [0.15, 0.2) is 10.9 Å². The van der Waals surface area contributed by atoms with Gasteiger partial charge in [0.25, 0.3) is 5.56 Å². The van der Waals surface area contributed by atoms with Crippen molar-refractivity contribution in [1.82, 2.24) is 14.5 Å². The van der Waals surface area contributed by atoms with Crippen LogP contribution in [0.3, 0.4) is 0 Å². The van der Waals surface area contributed by atoms with E-state index in [-0.39, 0.29) is 29.1 Å². The maximum absolute atomic E-state index is 12.3. The molecule has 0 aromatic carbocycles. The Morgan fingerprint density at radius 1 is 1.28 bits per heavy atom. The van der Waals surface area contributed by atoms with Crippen molar-refractivity contribution < 1.29 is 13.2 Å². The SMILES string of the molecule is Cc1cc(=O)n2c(n1)CCC1(CCN(C(=O)CCS(C)(=O)=O)C1)CC2. The fourth-order valence-corrected chi connectivity index (χ4v) is 4.49. The number of fused-ring (bicyclic) bond motifs is 1. The highest BCUT2D eigenvalue weighted by atomic mass is 32.2. The van der Waals surface area contributed by atoms with Crippen LogP contribution in [0.2, 0.25) is 0 Å². The molecule has 0 N–H and O–H groups in total. The quantitative estimate of drug-likeness (QED) is 0.778. The van der Waals surface area contributed by atoms with E-state index in [1.54, 1.807) is 15.5 Å². The lowest BCUT2D eigenvalue weighted by Gasteiger charge is -2.27. The zero-order valence-corrected chi connectivity index (χ0v) is 15.6. The lowest BCUT2D eigenvalue weighted by atomic mass is 9.80. The number of likely N-dealkylation sites (tertiary alicyclic amines) is 1. The van der Waals surface area contributed by atoms with Gasteiger partial charge in [0.1, 0.15) is 15.7 Å². The van der Waals surface area contributed by atoms with Crippen LogP contribution in [0, 0.1) is 12.3 Å². The summed E-state index contributed by atoms with van der Waals surface area (Å²) in [5.41, 5.74) is 0.754. The van der Waals surface area contributed by atoms with Gasteiger partial charge in [0.15, 0.2) is 0 Å². The highest BCUT2D eigenvalue weighted by molar-refractivity contribution is 7.90. The fraction of sp³-hybridized carbons (Fsp3) is 0.706. The third kappa shape index (κ3) is 4.11. The standard InChI is InChI=1S/C17H25N3O4S/c1-13-11-16(22)20-9-7-17(5-3-14(20)18-13)6-8-19(12-17)15(21)4-10-25(2,23)24/h11H,3-10,12H2,1-2H3. The molecular weight excluding hydrogens is 342 g/mol. The molecule has 3 rings (SSSR count). The number of aryl methyl sites for hydroxylation is 2. The highest BCUT2D eigenvalue weighted by Gasteiger charge is 2.40. The minimum Gasteiger partial charge on any atom is -0.342 e. The largest absolute Gasteiger partial charge is 0.342 e. The first-order chi connectivity index (χ1) is 11.7. The Morgan fingerprint density at radius 2 is 2.00 bits per heavy atom. The molecule has 1 saturated heterocycles. The minimum absolute atomic E-state index is 0.00127. The number of nitrogens with zero attached hydrogens (tertiary/aromatic N) is 3. The number of carbonyl (C=O) groups is 1. The second-order valence-corrected chi connectivity index (χ2v) is 9.76. The van der Waals surface area contributed by atoms with Crippen molar-refractivity contribution in [2.45, 2.75) is 45.6 Å². The van der Waals surface area contributed by atoms with Gasteiger partial charge in [-0.2, -0.15) is 0 Å². The zero-order chi connectivity index (χ0) is 18.2. The number of carbonyl (C=O) groups excluding carboxylic acids is 1. The normalized spacial score (nSPS) is 23.5. The monoisotopic (exact) mass is 367 g/mol. The third-order valence-corrected chi connectivity index (χ3v) is 6.38. The Morgan fingerprint density at radius 3 is 2.72 bits per heavy atom. The summed E-state index contributed by atoms with van der Waals surface area (Å²) in [6, 6.07) is 1.57. The van der Waals surface area contributed by atoms with E-state index in [0.29, 0.717) is 19.6 Å². The van der Waals surface area contributed by atoms with E-state index in [9.17, 15) is 18.0 Å². The predicted octanol–water partition coefficient (Wildman–Crippen LogP) is 0.541. The molecule has 1 amide bonds. The highest BCUT2D eigenvalue weighted by Crippen LogP contribution is 2.40. The van der Waals surface area contributed by atoms with Crippen LogP contribution in [0.4, 0.5) is 0 Å². The molecule has 8 heteroatoms. The molecule has 1 fully saturated rings. The summed E-state index contributed by atoms with van der Waals surface area (Å²) >= 11 is 0. The third-order valence-electron chi connectivity index (χ3n) is 5.44. The summed E-state index contributed by atoms with van der Waals surface area (Å²) in [7, 11) is -3.13. The second kappa shape index (κ2) is 6.55. The molecule has 3 heterocycles. The van der Waals surface area contributed by atoms with E-state index in [2.05, 4.69) is 4.98 Å². The molecule has 7 nitrogen and oxygen atoms in total. The molecule has 25 heavy (non-hydrogen) atoms. The summed E-state index contributed by atoms with van der Waals surface area (Å²) in [6.45, 7) is 3.78. The van der Waals surface area contributed by atoms with Crippen LogP contribution in [0.1, 0.15) is 37.2 Å². The summed E-state index contributed by atoms with van der Waals surface area (Å²) in [4.78, 5) is 30.8. The van der Waals surface area contributed by atoms with E-state index in [1.165, 1.54) is 0 Å². The first-order valence-electron chi connectivity index (χ1n) is 8.70. The Balaban J connectivity index is 1.68. The number of hydrogen-bond acceptors (Lipinski definition) is 5. The number of sulfone groups is 1. The van der Waals surface area contributed by atoms with E-state index in [1.807, 2.05) is 6.92 Å². The molecular formula is C17H25N3O4S. The summed E-state index contributed by atoms with van der Waals surface area (Å²) in [5, 5.41) is 0. The molecule has 1 aromatic heterocycles. The Kier molecular flexibility index (Phi) is 4.74. The Hall–Kier alpha value is -1.70. The number of amides is 1.